The van der Waals surface area contributed by atoms with Gasteiger partial charge >= 0.3 is 0 Å². The monoisotopic (exact) mass is 243 g/mol. The van der Waals surface area contributed by atoms with Crippen LogP contribution in [0.1, 0.15) is 31.2 Å². The second-order valence-corrected chi connectivity index (χ2v) is 5.36. The molecule has 0 atom stereocenters. The van der Waals surface area contributed by atoms with Crippen molar-refractivity contribution >= 4 is 11.0 Å². The maximum absolute atomic E-state index is 4.41. The number of hydrogen-bond acceptors (Lipinski definition) is 2. The number of rotatable bonds is 6. The van der Waals surface area contributed by atoms with E-state index in [1.54, 1.807) is 0 Å². The van der Waals surface area contributed by atoms with E-state index in [9.17, 15) is 0 Å². The molecule has 0 saturated heterocycles. The molecule has 3 nitrogen and oxygen atoms in total. The topological polar surface area (TPSA) is 29.9 Å². The van der Waals surface area contributed by atoms with E-state index in [0.717, 1.165) is 11.6 Å². The molecule has 0 amide bonds. The van der Waals surface area contributed by atoms with Crippen molar-refractivity contribution in [2.45, 2.75) is 38.1 Å². The van der Waals surface area contributed by atoms with E-state index < -0.39 is 0 Å². The molecule has 3 rings (SSSR count). The first kappa shape index (κ1) is 11.7. The van der Waals surface area contributed by atoms with Gasteiger partial charge in [-0.25, -0.2) is 4.98 Å². The van der Waals surface area contributed by atoms with Crippen molar-refractivity contribution in [1.29, 1.82) is 0 Å². The highest BCUT2D eigenvalue weighted by atomic mass is 15.0. The Hall–Kier alpha value is -1.35. The van der Waals surface area contributed by atoms with Gasteiger partial charge in [0, 0.05) is 13.1 Å². The van der Waals surface area contributed by atoms with E-state index in [-0.39, 0.29) is 0 Å². The van der Waals surface area contributed by atoms with Crippen molar-refractivity contribution in [2.75, 3.05) is 6.54 Å². The van der Waals surface area contributed by atoms with Gasteiger partial charge in [-0.05, 0) is 56.3 Å². The van der Waals surface area contributed by atoms with E-state index in [2.05, 4.69) is 33.1 Å². The average Bonchev–Trinajstić information content (AvgIpc) is 3.13. The van der Waals surface area contributed by atoms with Crippen LogP contribution in [0.25, 0.3) is 11.0 Å². The third-order valence-electron chi connectivity index (χ3n) is 3.69. The number of imidazole rings is 1. The quantitative estimate of drug-likeness (QED) is 0.790. The van der Waals surface area contributed by atoms with Crippen molar-refractivity contribution in [3.8, 4) is 0 Å². The number of fused-ring (bicyclic) bond motifs is 1. The van der Waals surface area contributed by atoms with Crippen LogP contribution in [0.3, 0.4) is 0 Å². The van der Waals surface area contributed by atoms with E-state index in [1.165, 1.54) is 49.7 Å². The number of hydrogen-bond donors (Lipinski definition) is 1. The van der Waals surface area contributed by atoms with E-state index in [4.69, 9.17) is 0 Å². The maximum atomic E-state index is 4.41. The molecule has 0 spiro atoms. The highest BCUT2D eigenvalue weighted by molar-refractivity contribution is 5.75. The van der Waals surface area contributed by atoms with Gasteiger partial charge in [0.2, 0.25) is 0 Å². The van der Waals surface area contributed by atoms with Crippen molar-refractivity contribution < 1.29 is 0 Å². The van der Waals surface area contributed by atoms with Crippen LogP contribution >= 0.6 is 0 Å². The Labute approximate surface area is 108 Å². The number of aromatic nitrogens is 2. The lowest BCUT2D eigenvalue weighted by Gasteiger charge is -2.04. The van der Waals surface area contributed by atoms with E-state index in [0.29, 0.717) is 0 Å². The Morgan fingerprint density at radius 1 is 1.33 bits per heavy atom. The average molecular weight is 243 g/mol. The molecule has 1 heterocycles. The zero-order valence-electron chi connectivity index (χ0n) is 11.0. The van der Waals surface area contributed by atoms with Crippen LogP contribution in [0.5, 0.6) is 0 Å². The molecule has 1 fully saturated rings. The summed E-state index contributed by atoms with van der Waals surface area (Å²) in [5.41, 5.74) is 3.74. The summed E-state index contributed by atoms with van der Waals surface area (Å²) in [5.74, 6) is 0. The maximum Gasteiger partial charge on any atom is 0.0955 e. The highest BCUT2D eigenvalue weighted by Gasteiger charge is 2.19. The zero-order chi connectivity index (χ0) is 12.4. The van der Waals surface area contributed by atoms with Crippen LogP contribution < -0.4 is 5.32 Å². The van der Waals surface area contributed by atoms with Crippen molar-refractivity contribution in [3.05, 3.63) is 30.1 Å². The van der Waals surface area contributed by atoms with Crippen molar-refractivity contribution in [1.82, 2.24) is 14.9 Å². The fourth-order valence-corrected chi connectivity index (χ4v) is 2.38. The molecule has 0 bridgehead atoms. The molecule has 0 radical (unpaired) electrons. The molecule has 0 unspecified atom stereocenters. The molecule has 1 aromatic carbocycles. The van der Waals surface area contributed by atoms with E-state index in [1.807, 2.05) is 13.4 Å². The minimum absolute atomic E-state index is 0.842. The van der Waals surface area contributed by atoms with Gasteiger partial charge < -0.3 is 9.88 Å². The van der Waals surface area contributed by atoms with Crippen molar-refractivity contribution in [2.24, 2.45) is 7.05 Å². The minimum Gasteiger partial charge on any atom is -0.334 e. The fourth-order valence-electron chi connectivity index (χ4n) is 2.38. The smallest absolute Gasteiger partial charge is 0.0955 e. The lowest BCUT2D eigenvalue weighted by atomic mass is 10.1. The SMILES string of the molecule is Cn1cnc2cc(CCCCNC3CC3)ccc21. The summed E-state index contributed by atoms with van der Waals surface area (Å²) in [4.78, 5) is 4.41. The second-order valence-electron chi connectivity index (χ2n) is 5.36. The predicted octanol–water partition coefficient (Wildman–Crippen LogP) is 2.65. The fraction of sp³-hybridized carbons (Fsp3) is 0.533. The molecular weight excluding hydrogens is 222 g/mol. The number of benzene rings is 1. The lowest BCUT2D eigenvalue weighted by molar-refractivity contribution is 0.620. The number of nitrogens with zero attached hydrogens (tertiary/aromatic N) is 2. The van der Waals surface area contributed by atoms with Crippen molar-refractivity contribution in [3.63, 3.8) is 0 Å². The molecule has 96 valence electrons. The second kappa shape index (κ2) is 5.11. The first-order chi connectivity index (χ1) is 8.83. The van der Waals surface area contributed by atoms with Gasteiger partial charge in [-0.15, -0.1) is 0 Å². The van der Waals surface area contributed by atoms with E-state index >= 15 is 0 Å². The van der Waals surface area contributed by atoms with Gasteiger partial charge in [-0.2, -0.15) is 0 Å². The first-order valence-corrected chi connectivity index (χ1v) is 6.96. The summed E-state index contributed by atoms with van der Waals surface area (Å²) in [6.45, 7) is 1.18. The van der Waals surface area contributed by atoms with Gasteiger partial charge in [0.05, 0.1) is 17.4 Å². The Bertz CT molecular complexity index is 526. The highest BCUT2D eigenvalue weighted by Crippen LogP contribution is 2.19. The van der Waals surface area contributed by atoms with Crippen LogP contribution in [0.2, 0.25) is 0 Å². The molecule has 18 heavy (non-hydrogen) atoms. The molecule has 1 aliphatic carbocycles. The van der Waals surface area contributed by atoms with Gasteiger partial charge in [-0.3, -0.25) is 0 Å². The van der Waals surface area contributed by atoms with Crippen LogP contribution in [0, 0.1) is 0 Å². The van der Waals surface area contributed by atoms with Gasteiger partial charge in [-0.1, -0.05) is 6.07 Å². The summed E-state index contributed by atoms with van der Waals surface area (Å²) in [6.07, 6.45) is 8.36. The standard InChI is InChI=1S/C15H21N3/c1-18-11-17-14-10-12(5-8-15(14)18)4-2-3-9-16-13-6-7-13/h5,8,10-11,13,16H,2-4,6-7,9H2,1H3. The van der Waals surface area contributed by atoms with Gasteiger partial charge in [0.15, 0.2) is 0 Å². The van der Waals surface area contributed by atoms with Gasteiger partial charge in [0.25, 0.3) is 0 Å². The van der Waals surface area contributed by atoms with Crippen LogP contribution in [0.4, 0.5) is 0 Å². The molecule has 1 aromatic heterocycles. The van der Waals surface area contributed by atoms with Crippen LogP contribution in [-0.2, 0) is 13.5 Å². The molecule has 1 N–H and O–H groups in total. The predicted molar refractivity (Wildman–Crippen MR) is 74.7 cm³/mol. The summed E-state index contributed by atoms with van der Waals surface area (Å²) in [7, 11) is 2.04. The molecule has 2 aromatic rings. The third-order valence-corrected chi connectivity index (χ3v) is 3.69. The zero-order valence-corrected chi connectivity index (χ0v) is 11.0. The Balaban J connectivity index is 1.50. The normalized spacial score (nSPS) is 15.4. The summed E-state index contributed by atoms with van der Waals surface area (Å²) in [6, 6.07) is 7.48. The molecule has 0 aliphatic heterocycles. The first-order valence-electron chi connectivity index (χ1n) is 6.96. The molecular formula is C15H21N3. The molecule has 1 saturated carbocycles. The minimum atomic E-state index is 0.842. The Morgan fingerprint density at radius 3 is 3.06 bits per heavy atom. The summed E-state index contributed by atoms with van der Waals surface area (Å²) in [5, 5.41) is 3.56. The Kier molecular flexibility index (Phi) is 3.33. The Morgan fingerprint density at radius 2 is 2.22 bits per heavy atom. The van der Waals surface area contributed by atoms with Gasteiger partial charge in [0.1, 0.15) is 0 Å². The lowest BCUT2D eigenvalue weighted by Crippen LogP contribution is -2.17. The molecule has 3 heteroatoms. The number of unbranched alkanes of at least 4 members (excludes halogenated alkanes) is 1. The third kappa shape index (κ3) is 2.72. The largest absolute Gasteiger partial charge is 0.334 e. The molecule has 1 aliphatic rings. The number of nitrogens with one attached hydrogen (secondary N) is 1. The summed E-state index contributed by atoms with van der Waals surface area (Å²) < 4.78 is 2.07. The van der Waals surface area contributed by atoms with Crippen LogP contribution in [0.15, 0.2) is 24.5 Å². The van der Waals surface area contributed by atoms with Crippen LogP contribution in [-0.4, -0.2) is 22.1 Å². The summed E-state index contributed by atoms with van der Waals surface area (Å²) >= 11 is 0. The number of aryl methyl sites for hydroxylation is 2.